The zero-order valence-corrected chi connectivity index (χ0v) is 13.1. The van der Waals surface area contributed by atoms with Gasteiger partial charge in [-0.2, -0.15) is 0 Å². The molecule has 8 nitrogen and oxygen atoms in total. The van der Waals surface area contributed by atoms with Crippen molar-refractivity contribution in [3.63, 3.8) is 0 Å². The maximum atomic E-state index is 12.1. The minimum Gasteiger partial charge on any atom is -0.464 e. The largest absolute Gasteiger partial charge is 0.464 e. The minimum atomic E-state index is -0.572. The first-order chi connectivity index (χ1) is 9.92. The number of ether oxygens (including phenoxy) is 2. The third-order valence-electron chi connectivity index (χ3n) is 3.21. The summed E-state index contributed by atoms with van der Waals surface area (Å²) in [5.41, 5.74) is 0.656. The molecule has 1 aromatic heterocycles. The second kappa shape index (κ2) is 7.72. The molecular formula is C13H22N4O4. The van der Waals surface area contributed by atoms with Gasteiger partial charge in [-0.1, -0.05) is 5.21 Å². The van der Waals surface area contributed by atoms with E-state index in [0.29, 0.717) is 18.7 Å². The second-order valence-electron chi connectivity index (χ2n) is 4.88. The minimum absolute atomic E-state index is 0.0255. The predicted molar refractivity (Wildman–Crippen MR) is 74.8 cm³/mol. The first-order valence-electron chi connectivity index (χ1n) is 6.67. The summed E-state index contributed by atoms with van der Waals surface area (Å²) in [6.45, 7) is 4.26. The van der Waals surface area contributed by atoms with Crippen LogP contribution in [0.15, 0.2) is 0 Å². The zero-order chi connectivity index (χ0) is 16.0. The molecular weight excluding hydrogens is 276 g/mol. The first-order valence-corrected chi connectivity index (χ1v) is 6.67. The topological polar surface area (TPSA) is 86.5 Å². The highest BCUT2D eigenvalue weighted by Gasteiger charge is 2.22. The maximum absolute atomic E-state index is 12.1. The number of amides is 1. The average molecular weight is 298 g/mol. The molecule has 118 valence electrons. The van der Waals surface area contributed by atoms with Gasteiger partial charge in [-0.3, -0.25) is 4.79 Å². The average Bonchev–Trinajstić information content (AvgIpc) is 2.85. The van der Waals surface area contributed by atoms with Crippen molar-refractivity contribution < 1.29 is 19.1 Å². The number of likely N-dealkylation sites (N-methyl/N-ethyl adjacent to an activating group) is 1. The monoisotopic (exact) mass is 298 g/mol. The smallest absolute Gasteiger partial charge is 0.360 e. The fourth-order valence-electron chi connectivity index (χ4n) is 1.69. The van der Waals surface area contributed by atoms with Crippen LogP contribution >= 0.6 is 0 Å². The molecule has 1 amide bonds. The second-order valence-corrected chi connectivity index (χ2v) is 4.88. The molecule has 1 rings (SSSR count). The van der Waals surface area contributed by atoms with Gasteiger partial charge in [0.05, 0.1) is 19.4 Å². The summed E-state index contributed by atoms with van der Waals surface area (Å²) in [6, 6.07) is 0.0866. The summed E-state index contributed by atoms with van der Waals surface area (Å²) in [4.78, 5) is 25.4. The quantitative estimate of drug-likeness (QED) is 0.665. The van der Waals surface area contributed by atoms with Crippen LogP contribution in [-0.4, -0.2) is 65.7 Å². The van der Waals surface area contributed by atoms with Crippen LogP contribution in [-0.2, 0) is 27.2 Å². The number of rotatable bonds is 7. The van der Waals surface area contributed by atoms with Crippen molar-refractivity contribution in [1.29, 1.82) is 0 Å². The molecule has 0 N–H and O–H groups in total. The van der Waals surface area contributed by atoms with E-state index in [4.69, 9.17) is 4.74 Å². The van der Waals surface area contributed by atoms with Gasteiger partial charge in [0.1, 0.15) is 6.54 Å². The normalized spacial score (nSPS) is 10.8. The van der Waals surface area contributed by atoms with Crippen LogP contribution < -0.4 is 0 Å². The molecule has 0 radical (unpaired) electrons. The molecule has 0 saturated carbocycles. The summed E-state index contributed by atoms with van der Waals surface area (Å²) in [5, 5.41) is 7.69. The summed E-state index contributed by atoms with van der Waals surface area (Å²) < 4.78 is 11.1. The number of aromatic nitrogens is 3. The van der Waals surface area contributed by atoms with Crippen molar-refractivity contribution in [3.05, 3.63) is 11.4 Å². The van der Waals surface area contributed by atoms with Gasteiger partial charge >= 0.3 is 5.97 Å². The molecule has 0 bridgehead atoms. The van der Waals surface area contributed by atoms with Crippen molar-refractivity contribution in [1.82, 2.24) is 19.9 Å². The van der Waals surface area contributed by atoms with E-state index in [0.717, 1.165) is 0 Å². The fourth-order valence-corrected chi connectivity index (χ4v) is 1.69. The Labute approximate surface area is 124 Å². The number of hydrogen-bond acceptors (Lipinski definition) is 6. The van der Waals surface area contributed by atoms with Crippen LogP contribution in [0, 0.1) is 0 Å². The number of esters is 1. The van der Waals surface area contributed by atoms with Gasteiger partial charge in [-0.25, -0.2) is 9.48 Å². The summed E-state index contributed by atoms with van der Waals surface area (Å²) in [7, 11) is 4.56. The van der Waals surface area contributed by atoms with Gasteiger partial charge in [-0.15, -0.1) is 5.10 Å². The molecule has 0 spiro atoms. The molecule has 0 aliphatic rings. The SMILES string of the molecule is COCCc1c(C(=O)OC)nnn1CC(=O)N(C)C(C)C. The highest BCUT2D eigenvalue weighted by molar-refractivity contribution is 5.88. The molecule has 0 aromatic carbocycles. The molecule has 0 saturated heterocycles. The van der Waals surface area contributed by atoms with Gasteiger partial charge in [0, 0.05) is 26.6 Å². The lowest BCUT2D eigenvalue weighted by Gasteiger charge is -2.21. The van der Waals surface area contributed by atoms with Crippen LogP contribution in [0.4, 0.5) is 0 Å². The van der Waals surface area contributed by atoms with E-state index in [2.05, 4.69) is 15.0 Å². The molecule has 0 atom stereocenters. The lowest BCUT2D eigenvalue weighted by molar-refractivity contribution is -0.132. The first kappa shape index (κ1) is 17.1. The van der Waals surface area contributed by atoms with E-state index < -0.39 is 5.97 Å². The number of methoxy groups -OCH3 is 2. The van der Waals surface area contributed by atoms with Gasteiger partial charge in [0.2, 0.25) is 5.91 Å². The number of nitrogens with zero attached hydrogens (tertiary/aromatic N) is 4. The zero-order valence-electron chi connectivity index (χ0n) is 13.1. The highest BCUT2D eigenvalue weighted by atomic mass is 16.5. The number of carbonyl (C=O) groups is 2. The Bertz CT molecular complexity index is 498. The van der Waals surface area contributed by atoms with E-state index >= 15 is 0 Å². The number of carbonyl (C=O) groups excluding carboxylic acids is 2. The molecule has 8 heteroatoms. The van der Waals surface area contributed by atoms with Gasteiger partial charge in [-0.05, 0) is 13.8 Å². The van der Waals surface area contributed by atoms with Gasteiger partial charge in [0.25, 0.3) is 0 Å². The van der Waals surface area contributed by atoms with Crippen molar-refractivity contribution >= 4 is 11.9 Å². The van der Waals surface area contributed by atoms with Crippen molar-refractivity contribution in [2.75, 3.05) is 27.9 Å². The summed E-state index contributed by atoms with van der Waals surface area (Å²) >= 11 is 0. The van der Waals surface area contributed by atoms with Gasteiger partial charge < -0.3 is 14.4 Å². The van der Waals surface area contributed by atoms with Crippen LogP contribution in [0.5, 0.6) is 0 Å². The van der Waals surface area contributed by atoms with Crippen LogP contribution in [0.1, 0.15) is 30.0 Å². The maximum Gasteiger partial charge on any atom is 0.360 e. The molecule has 0 aliphatic carbocycles. The highest BCUT2D eigenvalue weighted by Crippen LogP contribution is 2.09. The standard InChI is InChI=1S/C13H22N4O4/c1-9(2)16(3)11(18)8-17-10(6-7-20-4)12(14-15-17)13(19)21-5/h9H,6-8H2,1-5H3. The van der Waals surface area contributed by atoms with Crippen LogP contribution in [0.25, 0.3) is 0 Å². The Morgan fingerprint density at radius 1 is 1.33 bits per heavy atom. The Hall–Kier alpha value is -1.96. The van der Waals surface area contributed by atoms with E-state index in [1.165, 1.54) is 11.8 Å². The Morgan fingerprint density at radius 3 is 2.52 bits per heavy atom. The molecule has 0 fully saturated rings. The summed E-state index contributed by atoms with van der Waals surface area (Å²) in [6.07, 6.45) is 0.423. The molecule has 0 unspecified atom stereocenters. The Morgan fingerprint density at radius 2 is 2.00 bits per heavy atom. The molecule has 1 aromatic rings. The third kappa shape index (κ3) is 4.25. The lowest BCUT2D eigenvalue weighted by Crippen LogP contribution is -2.36. The van der Waals surface area contributed by atoms with Gasteiger partial charge in [0.15, 0.2) is 5.69 Å². The van der Waals surface area contributed by atoms with Crippen molar-refractivity contribution in [2.24, 2.45) is 0 Å². The van der Waals surface area contributed by atoms with Crippen molar-refractivity contribution in [2.45, 2.75) is 32.9 Å². The fraction of sp³-hybridized carbons (Fsp3) is 0.692. The van der Waals surface area contributed by atoms with E-state index in [9.17, 15) is 9.59 Å². The van der Waals surface area contributed by atoms with Crippen LogP contribution in [0.3, 0.4) is 0 Å². The summed E-state index contributed by atoms with van der Waals surface area (Å²) in [5.74, 6) is -0.679. The lowest BCUT2D eigenvalue weighted by atomic mass is 10.2. The van der Waals surface area contributed by atoms with E-state index in [-0.39, 0.29) is 24.2 Å². The number of hydrogen-bond donors (Lipinski definition) is 0. The molecule has 21 heavy (non-hydrogen) atoms. The Balaban J connectivity index is 2.98. The third-order valence-corrected chi connectivity index (χ3v) is 3.21. The predicted octanol–water partition coefficient (Wildman–Crippen LogP) is 0.120. The van der Waals surface area contributed by atoms with E-state index in [1.807, 2.05) is 13.8 Å². The molecule has 1 heterocycles. The molecule has 0 aliphatic heterocycles. The van der Waals surface area contributed by atoms with Crippen molar-refractivity contribution in [3.8, 4) is 0 Å². The van der Waals surface area contributed by atoms with E-state index in [1.54, 1.807) is 19.1 Å². The Kier molecular flexibility index (Phi) is 6.29. The van der Waals surface area contributed by atoms with Crippen LogP contribution in [0.2, 0.25) is 0 Å².